The molecule has 1 fully saturated rings. The highest BCUT2D eigenvalue weighted by Gasteiger charge is 2.29. The molecule has 2 aromatic heterocycles. The van der Waals surface area contributed by atoms with Gasteiger partial charge < -0.3 is 19.7 Å². The monoisotopic (exact) mass is 502 g/mol. The Labute approximate surface area is 205 Å². The molecule has 4 rings (SSSR count). The van der Waals surface area contributed by atoms with Crippen molar-refractivity contribution in [3.05, 3.63) is 59.1 Å². The summed E-state index contributed by atoms with van der Waals surface area (Å²) in [4.78, 5) is 28.1. The number of ether oxygens (including phenoxy) is 1. The van der Waals surface area contributed by atoms with Crippen LogP contribution in [0.1, 0.15) is 37.9 Å². The Morgan fingerprint density at radius 2 is 2.06 bits per heavy atom. The zero-order valence-electron chi connectivity index (χ0n) is 18.8. The van der Waals surface area contributed by atoms with Gasteiger partial charge in [0.25, 0.3) is 5.95 Å². The molecule has 1 aliphatic carbocycles. The second kappa shape index (κ2) is 10.7. The molecule has 3 aromatic rings. The molecule has 1 saturated carbocycles. The van der Waals surface area contributed by atoms with Gasteiger partial charge in [-0.15, -0.1) is 0 Å². The summed E-state index contributed by atoms with van der Waals surface area (Å²) in [6.07, 6.45) is 2.60. The Morgan fingerprint density at radius 1 is 1.29 bits per heavy atom. The fourth-order valence-corrected chi connectivity index (χ4v) is 3.91. The minimum Gasteiger partial charge on any atom is -0.481 e. The number of hydrogen-bond acceptors (Lipinski definition) is 7. The predicted molar refractivity (Wildman–Crippen MR) is 127 cm³/mol. The molecule has 1 aromatic carbocycles. The van der Waals surface area contributed by atoms with Gasteiger partial charge in [-0.1, -0.05) is 42.6 Å². The van der Waals surface area contributed by atoms with Gasteiger partial charge >= 0.3 is 12.1 Å². The van der Waals surface area contributed by atoms with E-state index >= 15 is 0 Å². The van der Waals surface area contributed by atoms with Crippen molar-refractivity contribution in [2.45, 2.75) is 32.3 Å². The van der Waals surface area contributed by atoms with Gasteiger partial charge in [0.05, 0.1) is 5.92 Å². The van der Waals surface area contributed by atoms with Crippen LogP contribution in [0.5, 0.6) is 0 Å². The number of nitrogens with one attached hydrogen (secondary N) is 2. The first kappa shape index (κ1) is 24.5. The van der Waals surface area contributed by atoms with Crippen molar-refractivity contribution in [2.24, 2.45) is 11.8 Å². The number of hydrogen-bond donors (Lipinski definition) is 3. The molecule has 11 heteroatoms. The summed E-state index contributed by atoms with van der Waals surface area (Å²) >= 11 is 6.13. The average Bonchev–Trinajstić information content (AvgIpc) is 3.59. The van der Waals surface area contributed by atoms with Gasteiger partial charge in [0.1, 0.15) is 17.6 Å². The molecular formula is C24H24ClFN4O5. The van der Waals surface area contributed by atoms with Gasteiger partial charge in [-0.25, -0.2) is 9.78 Å². The molecule has 2 heterocycles. The minimum absolute atomic E-state index is 0.0407. The molecule has 0 bridgehead atoms. The van der Waals surface area contributed by atoms with Gasteiger partial charge in [0, 0.05) is 28.9 Å². The van der Waals surface area contributed by atoms with Gasteiger partial charge in [-0.3, -0.25) is 10.1 Å². The number of carboxylic acid groups (broad SMARTS) is 1. The molecule has 0 radical (unpaired) electrons. The minimum atomic E-state index is -1.02. The normalized spacial score (nSPS) is 14.7. The van der Waals surface area contributed by atoms with Crippen molar-refractivity contribution in [1.29, 1.82) is 0 Å². The van der Waals surface area contributed by atoms with E-state index in [9.17, 15) is 19.1 Å². The van der Waals surface area contributed by atoms with Crippen LogP contribution in [0.25, 0.3) is 11.3 Å². The molecule has 1 amide bonds. The number of aliphatic carboxylic acids is 1. The fourth-order valence-electron chi connectivity index (χ4n) is 3.62. The SMILES string of the molecule is CC(OC(=O)Nc1c(F)noc1-c1ccc(NCC(CC2CC2)C(=O)O)nc1)c1ccccc1Cl. The molecule has 2 unspecified atom stereocenters. The molecule has 9 nitrogen and oxygen atoms in total. The smallest absolute Gasteiger partial charge is 0.412 e. The fraction of sp³-hybridized carbons (Fsp3) is 0.333. The third-order valence-electron chi connectivity index (χ3n) is 5.72. The summed E-state index contributed by atoms with van der Waals surface area (Å²) in [5.74, 6) is -1.46. The highest BCUT2D eigenvalue weighted by molar-refractivity contribution is 6.31. The first-order valence-corrected chi connectivity index (χ1v) is 11.5. The van der Waals surface area contributed by atoms with Crippen LogP contribution >= 0.6 is 11.6 Å². The van der Waals surface area contributed by atoms with Gasteiger partial charge in [-0.2, -0.15) is 4.39 Å². The van der Waals surface area contributed by atoms with E-state index in [1.54, 1.807) is 43.3 Å². The van der Waals surface area contributed by atoms with Crippen LogP contribution in [-0.4, -0.2) is 33.9 Å². The maximum Gasteiger partial charge on any atom is 0.412 e. The Hall–Kier alpha value is -3.66. The van der Waals surface area contributed by atoms with Crippen LogP contribution in [0.2, 0.25) is 5.02 Å². The number of carbonyl (C=O) groups is 2. The van der Waals surface area contributed by atoms with Crippen molar-refractivity contribution in [2.75, 3.05) is 17.2 Å². The zero-order chi connectivity index (χ0) is 24.9. The molecule has 184 valence electrons. The Kier molecular flexibility index (Phi) is 7.50. The molecule has 0 aliphatic heterocycles. The summed E-state index contributed by atoms with van der Waals surface area (Å²) in [6, 6.07) is 10.1. The quantitative estimate of drug-likeness (QED) is 0.320. The van der Waals surface area contributed by atoms with E-state index in [-0.39, 0.29) is 18.0 Å². The Balaban J connectivity index is 1.39. The first-order valence-electron chi connectivity index (χ1n) is 11.1. The molecule has 0 spiro atoms. The number of aromatic nitrogens is 2. The number of nitrogens with zero attached hydrogens (tertiary/aromatic N) is 2. The van der Waals surface area contributed by atoms with E-state index in [2.05, 4.69) is 20.8 Å². The second-order valence-electron chi connectivity index (χ2n) is 8.40. The van der Waals surface area contributed by atoms with Crippen LogP contribution in [0, 0.1) is 17.8 Å². The third-order valence-corrected chi connectivity index (χ3v) is 6.07. The molecule has 1 aliphatic rings. The van der Waals surface area contributed by atoms with E-state index in [0.717, 1.165) is 12.8 Å². The van der Waals surface area contributed by atoms with E-state index < -0.39 is 30.0 Å². The summed E-state index contributed by atoms with van der Waals surface area (Å²) in [5.41, 5.74) is 0.665. The number of pyridine rings is 1. The molecular weight excluding hydrogens is 479 g/mol. The highest BCUT2D eigenvalue weighted by Crippen LogP contribution is 2.35. The van der Waals surface area contributed by atoms with Crippen LogP contribution in [0.3, 0.4) is 0 Å². The van der Waals surface area contributed by atoms with Crippen LogP contribution in [0.4, 0.5) is 20.7 Å². The van der Waals surface area contributed by atoms with E-state index in [1.807, 2.05) is 0 Å². The topological polar surface area (TPSA) is 127 Å². The first-order chi connectivity index (χ1) is 16.8. The zero-order valence-corrected chi connectivity index (χ0v) is 19.6. The number of carboxylic acids is 1. The Morgan fingerprint density at radius 3 is 2.71 bits per heavy atom. The summed E-state index contributed by atoms with van der Waals surface area (Å²) < 4.78 is 24.6. The van der Waals surface area contributed by atoms with Gasteiger partial charge in [0.15, 0.2) is 5.76 Å². The van der Waals surface area contributed by atoms with Gasteiger partial charge in [0.2, 0.25) is 0 Å². The van der Waals surface area contributed by atoms with Crippen molar-refractivity contribution >= 4 is 35.2 Å². The average molecular weight is 503 g/mol. The van der Waals surface area contributed by atoms with E-state index in [1.165, 1.54) is 6.20 Å². The highest BCUT2D eigenvalue weighted by atomic mass is 35.5. The van der Waals surface area contributed by atoms with Crippen LogP contribution < -0.4 is 10.6 Å². The van der Waals surface area contributed by atoms with E-state index in [0.29, 0.717) is 34.3 Å². The van der Waals surface area contributed by atoms with Crippen molar-refractivity contribution in [3.63, 3.8) is 0 Å². The lowest BCUT2D eigenvalue weighted by atomic mass is 10.0. The lowest BCUT2D eigenvalue weighted by molar-refractivity contribution is -0.141. The summed E-state index contributed by atoms with van der Waals surface area (Å²) in [5, 5.41) is 18.5. The Bertz CT molecular complexity index is 1200. The largest absolute Gasteiger partial charge is 0.481 e. The number of benzene rings is 1. The maximum atomic E-state index is 14.3. The van der Waals surface area contributed by atoms with E-state index in [4.69, 9.17) is 20.9 Å². The maximum absolute atomic E-state index is 14.3. The number of carbonyl (C=O) groups excluding carboxylic acids is 1. The predicted octanol–water partition coefficient (Wildman–Crippen LogP) is 5.75. The lowest BCUT2D eigenvalue weighted by Crippen LogP contribution is -2.23. The second-order valence-corrected chi connectivity index (χ2v) is 8.81. The van der Waals surface area contributed by atoms with Crippen molar-refractivity contribution < 1.29 is 28.3 Å². The van der Waals surface area contributed by atoms with Crippen molar-refractivity contribution in [3.8, 4) is 11.3 Å². The molecule has 3 N–H and O–H groups in total. The van der Waals surface area contributed by atoms with Crippen molar-refractivity contribution in [1.82, 2.24) is 10.1 Å². The molecule has 0 saturated heterocycles. The molecule has 35 heavy (non-hydrogen) atoms. The number of rotatable bonds is 10. The van der Waals surface area contributed by atoms with Gasteiger partial charge in [-0.05, 0) is 42.6 Å². The summed E-state index contributed by atoms with van der Waals surface area (Å²) in [7, 11) is 0. The standard InChI is InChI=1S/C24H24ClFN4O5/c1-13(17-4-2-3-5-18(17)25)34-24(33)29-20-21(35-30-22(20)26)15-8-9-19(27-11-15)28-12-16(23(31)32)10-14-6-7-14/h2-5,8-9,11,13-14,16H,6-7,10,12H2,1H3,(H,27,28)(H,29,33)(H,31,32). The number of anilines is 2. The van der Waals surface area contributed by atoms with Crippen LogP contribution in [0.15, 0.2) is 47.1 Å². The number of amides is 1. The van der Waals surface area contributed by atoms with Crippen LogP contribution in [-0.2, 0) is 9.53 Å². The molecule has 2 atom stereocenters. The lowest BCUT2D eigenvalue weighted by Gasteiger charge is -2.15. The number of halogens is 2. The summed E-state index contributed by atoms with van der Waals surface area (Å²) in [6.45, 7) is 1.89. The third kappa shape index (κ3) is 6.27.